The van der Waals surface area contributed by atoms with Gasteiger partial charge in [-0.15, -0.1) is 0 Å². The van der Waals surface area contributed by atoms with Crippen LogP contribution in [0.5, 0.6) is 0 Å². The first-order valence-electron chi connectivity index (χ1n) is 13.7. The molecule has 8 heteroatoms. The third-order valence-corrected chi connectivity index (χ3v) is 7.81. The third kappa shape index (κ3) is 4.89. The van der Waals surface area contributed by atoms with E-state index in [0.717, 1.165) is 0 Å². The number of hydrogen-bond acceptors (Lipinski definition) is 3. The highest BCUT2D eigenvalue weighted by Crippen LogP contribution is 2.39. The molecule has 2 fully saturated rings. The second-order valence-electron chi connectivity index (χ2n) is 10.2. The van der Waals surface area contributed by atoms with Crippen molar-refractivity contribution in [3.05, 3.63) is 121 Å². The summed E-state index contributed by atoms with van der Waals surface area (Å²) in [5.41, 5.74) is 2.65. The summed E-state index contributed by atoms with van der Waals surface area (Å²) in [6, 6.07) is 34.2. The molecule has 2 saturated heterocycles. The van der Waals surface area contributed by atoms with Crippen molar-refractivity contribution in [2.45, 2.75) is 31.0 Å². The molecule has 2 bridgehead atoms. The van der Waals surface area contributed by atoms with Gasteiger partial charge in [0.05, 0.1) is 34.8 Å². The van der Waals surface area contributed by atoms with Gasteiger partial charge in [0.15, 0.2) is 6.04 Å². The first-order chi connectivity index (χ1) is 20.0. The number of amides is 4. The van der Waals surface area contributed by atoms with Gasteiger partial charge in [-0.25, -0.2) is 14.4 Å². The molecule has 4 amide bonds. The second-order valence-corrected chi connectivity index (χ2v) is 10.2. The van der Waals surface area contributed by atoms with Gasteiger partial charge in [0.25, 0.3) is 0 Å². The van der Waals surface area contributed by atoms with Gasteiger partial charge in [0.1, 0.15) is 0 Å². The Balaban J connectivity index is 1.36. The molecule has 2 aliphatic heterocycles. The lowest BCUT2D eigenvalue weighted by atomic mass is 10.0. The Hall–Kier alpha value is -5.11. The molecule has 206 valence electrons. The van der Waals surface area contributed by atoms with Gasteiger partial charge >= 0.3 is 18.0 Å². The molecule has 0 aliphatic carbocycles. The summed E-state index contributed by atoms with van der Waals surface area (Å²) >= 11 is 0. The Morgan fingerprint density at radius 1 is 0.585 bits per heavy atom. The average Bonchev–Trinajstić information content (AvgIpc) is 3.31. The minimum Gasteiger partial charge on any atom is -0.480 e. The van der Waals surface area contributed by atoms with Gasteiger partial charge in [-0.1, -0.05) is 72.8 Å². The van der Waals surface area contributed by atoms with Crippen molar-refractivity contribution in [1.82, 2.24) is 9.80 Å². The van der Waals surface area contributed by atoms with Crippen molar-refractivity contribution in [2.24, 2.45) is 0 Å². The van der Waals surface area contributed by atoms with Crippen molar-refractivity contribution >= 4 is 40.8 Å². The molecule has 4 aromatic rings. The highest BCUT2D eigenvalue weighted by Gasteiger charge is 2.54. The number of fused-ring (bicyclic) bond motifs is 2. The molecule has 1 N–H and O–H groups in total. The number of rotatable bonds is 5. The number of nitrogens with zero attached hydrogens (tertiary/aromatic N) is 4. The SMILES string of the molecule is O=C(O)[C@H]1[C@@H]2CC[C@H](CN1C(=O)N(c1ccccc1)c1ccccc1)N2C(=O)N(c1ccccc1)c1ccccc1. The van der Waals surface area contributed by atoms with Crippen molar-refractivity contribution in [2.75, 3.05) is 16.3 Å². The summed E-state index contributed by atoms with van der Waals surface area (Å²) in [7, 11) is 0. The number of carbonyl (C=O) groups is 3. The van der Waals surface area contributed by atoms with E-state index in [1.807, 2.05) is 121 Å². The molecule has 6 rings (SSSR count). The maximum Gasteiger partial charge on any atom is 0.329 e. The number of aliphatic carboxylic acids is 1. The molecular formula is C33H30N4O4. The average molecular weight is 547 g/mol. The zero-order valence-electron chi connectivity index (χ0n) is 22.4. The number of carbonyl (C=O) groups excluding carboxylic acids is 2. The van der Waals surface area contributed by atoms with Crippen LogP contribution < -0.4 is 9.80 Å². The van der Waals surface area contributed by atoms with Gasteiger partial charge in [0, 0.05) is 6.54 Å². The summed E-state index contributed by atoms with van der Waals surface area (Å²) in [5, 5.41) is 10.5. The molecule has 0 radical (unpaired) electrons. The third-order valence-electron chi connectivity index (χ3n) is 7.81. The maximum absolute atomic E-state index is 14.3. The monoisotopic (exact) mass is 546 g/mol. The predicted molar refractivity (Wildman–Crippen MR) is 158 cm³/mol. The van der Waals surface area contributed by atoms with Crippen molar-refractivity contribution < 1.29 is 19.5 Å². The number of hydrogen-bond donors (Lipinski definition) is 1. The number of benzene rings is 4. The fraction of sp³-hybridized carbons (Fsp3) is 0.182. The van der Waals surface area contributed by atoms with Crippen molar-refractivity contribution in [3.8, 4) is 0 Å². The maximum atomic E-state index is 14.3. The van der Waals surface area contributed by atoms with Gasteiger partial charge in [-0.3, -0.25) is 9.80 Å². The van der Waals surface area contributed by atoms with Crippen LogP contribution in [-0.2, 0) is 4.79 Å². The van der Waals surface area contributed by atoms with E-state index >= 15 is 0 Å². The van der Waals surface area contributed by atoms with Crippen LogP contribution in [0.25, 0.3) is 0 Å². The Bertz CT molecular complexity index is 1440. The lowest BCUT2D eigenvalue weighted by Crippen LogP contribution is -2.67. The van der Waals surface area contributed by atoms with Crippen molar-refractivity contribution in [1.29, 1.82) is 0 Å². The van der Waals surface area contributed by atoms with Crippen LogP contribution >= 0.6 is 0 Å². The van der Waals surface area contributed by atoms with E-state index in [1.165, 1.54) is 4.90 Å². The highest BCUT2D eigenvalue weighted by atomic mass is 16.4. The Morgan fingerprint density at radius 3 is 1.37 bits per heavy atom. The molecule has 2 heterocycles. The molecule has 0 spiro atoms. The molecule has 4 aromatic carbocycles. The number of carboxylic acids is 1. The summed E-state index contributed by atoms with van der Waals surface area (Å²) in [6.07, 6.45) is 1.10. The Kier molecular flexibility index (Phi) is 7.12. The first-order valence-corrected chi connectivity index (χ1v) is 13.7. The highest BCUT2D eigenvalue weighted by molar-refractivity contribution is 6.03. The predicted octanol–water partition coefficient (Wildman–Crippen LogP) is 6.50. The minimum atomic E-state index is -1.20. The Morgan fingerprint density at radius 2 is 0.976 bits per heavy atom. The largest absolute Gasteiger partial charge is 0.480 e. The van der Waals surface area contributed by atoms with Crippen LogP contribution in [0.1, 0.15) is 12.8 Å². The topological polar surface area (TPSA) is 84.4 Å². The normalized spacial score (nSPS) is 19.5. The van der Waals surface area contributed by atoms with Crippen molar-refractivity contribution in [3.63, 3.8) is 0 Å². The number of carboxylic acid groups (broad SMARTS) is 1. The minimum absolute atomic E-state index is 0.117. The van der Waals surface area contributed by atoms with Gasteiger partial charge in [-0.2, -0.15) is 0 Å². The van der Waals surface area contributed by atoms with Crippen LogP contribution in [-0.4, -0.2) is 57.6 Å². The lowest BCUT2D eigenvalue weighted by molar-refractivity contribution is -0.145. The zero-order chi connectivity index (χ0) is 28.3. The fourth-order valence-electron chi connectivity index (χ4n) is 6.03. The number of piperazine rings is 1. The standard InChI is InChI=1S/C33H30N4O4/c38-31(39)30-29-22-21-28(37(29)33(41)36(26-17-9-3-10-18-26)27-19-11-4-12-20-27)23-34(30)32(40)35(24-13-5-1-6-14-24)25-15-7-2-8-16-25/h1-20,28-30H,21-23H2,(H,38,39)/t28-,29+,30-/m1/s1. The first kappa shape index (κ1) is 26.1. The summed E-state index contributed by atoms with van der Waals surface area (Å²) in [4.78, 5) is 47.8. The summed E-state index contributed by atoms with van der Waals surface area (Å²) in [5.74, 6) is -1.13. The van der Waals surface area contributed by atoms with E-state index in [2.05, 4.69) is 0 Å². The number of urea groups is 2. The fourth-order valence-corrected chi connectivity index (χ4v) is 6.03. The van der Waals surface area contributed by atoms with E-state index in [4.69, 9.17) is 0 Å². The molecule has 0 saturated carbocycles. The summed E-state index contributed by atoms with van der Waals surface area (Å²) in [6.45, 7) is 0.117. The van der Waals surface area contributed by atoms with E-state index in [1.54, 1.807) is 14.7 Å². The smallest absolute Gasteiger partial charge is 0.329 e. The van der Waals surface area contributed by atoms with Crippen LogP contribution in [0, 0.1) is 0 Å². The van der Waals surface area contributed by atoms with Crippen LogP contribution in [0.4, 0.5) is 32.3 Å². The number of anilines is 4. The van der Waals surface area contributed by atoms with Gasteiger partial charge in [-0.05, 0) is 61.4 Å². The number of para-hydroxylation sites is 4. The summed E-state index contributed by atoms with van der Waals surface area (Å²) < 4.78 is 0. The molecule has 0 unspecified atom stereocenters. The molecular weight excluding hydrogens is 516 g/mol. The molecule has 41 heavy (non-hydrogen) atoms. The van der Waals surface area contributed by atoms with E-state index < -0.39 is 24.1 Å². The van der Waals surface area contributed by atoms with E-state index in [0.29, 0.717) is 35.6 Å². The second kappa shape index (κ2) is 11.2. The van der Waals surface area contributed by atoms with Crippen LogP contribution in [0.15, 0.2) is 121 Å². The number of likely N-dealkylation sites (tertiary alicyclic amines) is 1. The quantitative estimate of drug-likeness (QED) is 0.310. The van der Waals surface area contributed by atoms with Gasteiger partial charge in [0.2, 0.25) is 0 Å². The van der Waals surface area contributed by atoms with E-state index in [-0.39, 0.29) is 18.6 Å². The van der Waals surface area contributed by atoms with Crippen LogP contribution in [0.2, 0.25) is 0 Å². The van der Waals surface area contributed by atoms with E-state index in [9.17, 15) is 19.5 Å². The lowest BCUT2D eigenvalue weighted by Gasteiger charge is -2.47. The molecule has 2 aliphatic rings. The van der Waals surface area contributed by atoms with Crippen LogP contribution in [0.3, 0.4) is 0 Å². The van der Waals surface area contributed by atoms with Gasteiger partial charge < -0.3 is 14.9 Å². The Labute approximate surface area is 238 Å². The zero-order valence-corrected chi connectivity index (χ0v) is 22.4. The molecule has 3 atom stereocenters. The molecule has 8 nitrogen and oxygen atoms in total. The molecule has 0 aromatic heterocycles.